The third-order valence-corrected chi connectivity index (χ3v) is 6.31. The number of imide groups is 2. The maximum atomic E-state index is 13.2. The number of anilines is 1. The molecular formula is C24H19BrClN3O3. The van der Waals surface area contributed by atoms with E-state index in [1.54, 1.807) is 12.1 Å². The lowest BCUT2D eigenvalue weighted by Crippen LogP contribution is -2.54. The first-order chi connectivity index (χ1) is 15.2. The van der Waals surface area contributed by atoms with Gasteiger partial charge in [-0.3, -0.25) is 14.9 Å². The van der Waals surface area contributed by atoms with Crippen LogP contribution in [0.5, 0.6) is 0 Å². The molecule has 0 radical (unpaired) electrons. The normalized spacial score (nSPS) is 15.5. The Balaban J connectivity index is 1.76. The van der Waals surface area contributed by atoms with Crippen LogP contribution in [0.15, 0.2) is 58.6 Å². The Bertz CT molecular complexity index is 1310. The number of urea groups is 1. The minimum absolute atomic E-state index is 0.127. The highest BCUT2D eigenvalue weighted by molar-refractivity contribution is 9.10. The number of carbonyl (C=O) groups excluding carboxylic acids is 3. The molecule has 1 aliphatic rings. The first kappa shape index (κ1) is 22.0. The number of nitrogens with one attached hydrogen (secondary N) is 1. The Morgan fingerprint density at radius 2 is 1.59 bits per heavy atom. The van der Waals surface area contributed by atoms with Crippen LogP contribution in [-0.4, -0.2) is 22.4 Å². The third-order valence-electron chi connectivity index (χ3n) is 5.37. The summed E-state index contributed by atoms with van der Waals surface area (Å²) in [6.45, 7) is 5.68. The summed E-state index contributed by atoms with van der Waals surface area (Å²) in [6.07, 6.45) is 1.52. The summed E-state index contributed by atoms with van der Waals surface area (Å²) >= 11 is 9.61. The number of barbiturate groups is 1. The van der Waals surface area contributed by atoms with Crippen molar-refractivity contribution in [1.29, 1.82) is 0 Å². The van der Waals surface area contributed by atoms with Gasteiger partial charge in [-0.1, -0.05) is 33.6 Å². The SMILES string of the molecule is Cc1ccc(N2C(=O)NC(=O)/C(=C/c3cc(C)n(-c4ccc(Br)cc4)c3C)C2=O)cc1Cl. The van der Waals surface area contributed by atoms with E-state index in [0.717, 1.165) is 32.0 Å². The van der Waals surface area contributed by atoms with Crippen LogP contribution in [0.4, 0.5) is 10.5 Å². The fourth-order valence-electron chi connectivity index (χ4n) is 3.69. The van der Waals surface area contributed by atoms with Crippen LogP contribution >= 0.6 is 27.5 Å². The molecule has 0 atom stereocenters. The summed E-state index contributed by atoms with van der Waals surface area (Å²) in [5.74, 6) is -1.44. The highest BCUT2D eigenvalue weighted by atomic mass is 79.9. The van der Waals surface area contributed by atoms with Crippen LogP contribution in [0.25, 0.3) is 11.8 Å². The van der Waals surface area contributed by atoms with Crippen LogP contribution < -0.4 is 10.2 Å². The van der Waals surface area contributed by atoms with E-state index in [-0.39, 0.29) is 5.57 Å². The number of hydrogen-bond acceptors (Lipinski definition) is 3. The zero-order valence-electron chi connectivity index (χ0n) is 17.6. The summed E-state index contributed by atoms with van der Waals surface area (Å²) in [5.41, 5.74) is 4.45. The zero-order chi connectivity index (χ0) is 23.2. The van der Waals surface area contributed by atoms with Crippen molar-refractivity contribution in [3.63, 3.8) is 0 Å². The molecule has 6 nitrogen and oxygen atoms in total. The quantitative estimate of drug-likeness (QED) is 0.373. The number of halogens is 2. The van der Waals surface area contributed by atoms with Crippen molar-refractivity contribution in [3.05, 3.63) is 86.1 Å². The fourth-order valence-corrected chi connectivity index (χ4v) is 4.13. The van der Waals surface area contributed by atoms with Gasteiger partial charge in [0.1, 0.15) is 5.57 Å². The number of aryl methyl sites for hydroxylation is 2. The molecule has 1 saturated heterocycles. The molecule has 0 spiro atoms. The van der Waals surface area contributed by atoms with Gasteiger partial charge in [0.2, 0.25) is 0 Å². The standard InChI is InChI=1S/C24H19BrClN3O3/c1-13-4-7-19(12-21(13)26)29-23(31)20(22(30)27-24(29)32)11-16-10-14(2)28(15(16)3)18-8-5-17(25)6-9-18/h4-12H,1-3H3,(H,27,30,32)/b20-11-. The Kier molecular flexibility index (Phi) is 5.79. The highest BCUT2D eigenvalue weighted by Gasteiger charge is 2.37. The molecule has 8 heteroatoms. The van der Waals surface area contributed by atoms with Gasteiger partial charge in [0.25, 0.3) is 11.8 Å². The van der Waals surface area contributed by atoms with Crippen molar-refractivity contribution in [2.75, 3.05) is 4.90 Å². The number of hydrogen-bond donors (Lipinski definition) is 1. The monoisotopic (exact) mass is 511 g/mol. The largest absolute Gasteiger partial charge is 0.335 e. The average Bonchev–Trinajstić information content (AvgIpc) is 3.01. The molecule has 1 aliphatic heterocycles. The van der Waals surface area contributed by atoms with Crippen molar-refractivity contribution in [2.24, 2.45) is 0 Å². The van der Waals surface area contributed by atoms with Gasteiger partial charge >= 0.3 is 6.03 Å². The number of amides is 4. The zero-order valence-corrected chi connectivity index (χ0v) is 19.9. The molecule has 162 valence electrons. The molecule has 4 rings (SSSR count). The molecule has 2 aromatic carbocycles. The summed E-state index contributed by atoms with van der Waals surface area (Å²) in [5, 5.41) is 2.67. The van der Waals surface area contributed by atoms with E-state index in [4.69, 9.17) is 11.6 Å². The maximum absolute atomic E-state index is 13.2. The second kappa shape index (κ2) is 8.41. The molecule has 0 aliphatic carbocycles. The summed E-state index contributed by atoms with van der Waals surface area (Å²) in [7, 11) is 0. The van der Waals surface area contributed by atoms with Gasteiger partial charge in [0, 0.05) is 26.6 Å². The van der Waals surface area contributed by atoms with Crippen molar-refractivity contribution in [2.45, 2.75) is 20.8 Å². The van der Waals surface area contributed by atoms with Gasteiger partial charge in [-0.25, -0.2) is 9.69 Å². The van der Waals surface area contributed by atoms with E-state index in [9.17, 15) is 14.4 Å². The first-order valence-corrected chi connectivity index (χ1v) is 11.0. The molecule has 1 fully saturated rings. The van der Waals surface area contributed by atoms with Gasteiger partial charge < -0.3 is 4.57 Å². The van der Waals surface area contributed by atoms with Gasteiger partial charge in [-0.2, -0.15) is 0 Å². The van der Waals surface area contributed by atoms with Gasteiger partial charge in [-0.15, -0.1) is 0 Å². The van der Waals surface area contributed by atoms with Gasteiger partial charge in [0.15, 0.2) is 0 Å². The van der Waals surface area contributed by atoms with Crippen LogP contribution in [0.2, 0.25) is 5.02 Å². The van der Waals surface area contributed by atoms with E-state index in [2.05, 4.69) is 21.2 Å². The van der Waals surface area contributed by atoms with E-state index >= 15 is 0 Å². The van der Waals surface area contributed by atoms with E-state index in [1.165, 1.54) is 12.1 Å². The molecule has 4 amide bonds. The Hall–Kier alpha value is -3.16. The Morgan fingerprint density at radius 1 is 0.938 bits per heavy atom. The molecule has 0 saturated carbocycles. The molecule has 0 unspecified atom stereocenters. The van der Waals surface area contributed by atoms with Gasteiger partial charge in [-0.05, 0) is 80.4 Å². The second-order valence-electron chi connectivity index (χ2n) is 7.53. The first-order valence-electron chi connectivity index (χ1n) is 9.80. The van der Waals surface area contributed by atoms with Crippen molar-refractivity contribution in [1.82, 2.24) is 9.88 Å². The predicted molar refractivity (Wildman–Crippen MR) is 128 cm³/mol. The van der Waals surface area contributed by atoms with Crippen molar-refractivity contribution >= 4 is 57.1 Å². The maximum Gasteiger partial charge on any atom is 0.335 e. The third kappa shape index (κ3) is 3.89. The van der Waals surface area contributed by atoms with Crippen molar-refractivity contribution < 1.29 is 14.4 Å². The number of aromatic nitrogens is 1. The van der Waals surface area contributed by atoms with Crippen molar-refractivity contribution in [3.8, 4) is 5.69 Å². The Labute approximate surface area is 198 Å². The number of rotatable bonds is 3. The summed E-state index contributed by atoms with van der Waals surface area (Å²) in [6, 6.07) is 13.8. The Morgan fingerprint density at radius 3 is 2.25 bits per heavy atom. The molecule has 32 heavy (non-hydrogen) atoms. The lowest BCUT2D eigenvalue weighted by Gasteiger charge is -2.26. The summed E-state index contributed by atoms with van der Waals surface area (Å²) < 4.78 is 3.00. The van der Waals surface area contributed by atoms with Crippen LogP contribution in [0.1, 0.15) is 22.5 Å². The van der Waals surface area contributed by atoms with Crippen LogP contribution in [0, 0.1) is 20.8 Å². The number of nitrogens with zero attached hydrogens (tertiary/aromatic N) is 2. The molecule has 3 aromatic rings. The molecule has 2 heterocycles. The highest BCUT2D eigenvalue weighted by Crippen LogP contribution is 2.28. The molecule has 1 aromatic heterocycles. The minimum Gasteiger partial charge on any atom is -0.318 e. The van der Waals surface area contributed by atoms with Crippen LogP contribution in [0.3, 0.4) is 0 Å². The van der Waals surface area contributed by atoms with E-state index in [1.807, 2.05) is 55.7 Å². The lowest BCUT2D eigenvalue weighted by molar-refractivity contribution is -0.122. The fraction of sp³-hybridized carbons (Fsp3) is 0.125. The van der Waals surface area contributed by atoms with E-state index < -0.39 is 17.8 Å². The minimum atomic E-state index is -0.808. The molecule has 1 N–H and O–H groups in total. The smallest absolute Gasteiger partial charge is 0.318 e. The lowest BCUT2D eigenvalue weighted by atomic mass is 10.1. The number of benzene rings is 2. The van der Waals surface area contributed by atoms with Crippen LogP contribution in [-0.2, 0) is 9.59 Å². The summed E-state index contributed by atoms with van der Waals surface area (Å²) in [4.78, 5) is 39.1. The topological polar surface area (TPSA) is 71.4 Å². The predicted octanol–water partition coefficient (Wildman–Crippen LogP) is 5.48. The number of carbonyl (C=O) groups is 3. The second-order valence-corrected chi connectivity index (χ2v) is 8.85. The molecule has 0 bridgehead atoms. The van der Waals surface area contributed by atoms with Gasteiger partial charge in [0.05, 0.1) is 5.69 Å². The van der Waals surface area contributed by atoms with E-state index in [0.29, 0.717) is 16.3 Å². The molecular weight excluding hydrogens is 494 g/mol. The average molecular weight is 513 g/mol.